The molecule has 2 aliphatic heterocycles. The summed E-state index contributed by atoms with van der Waals surface area (Å²) in [4.78, 5) is 17.9. The number of aromatic nitrogens is 2. The van der Waals surface area contributed by atoms with Crippen molar-refractivity contribution in [2.24, 2.45) is 4.99 Å². The molecule has 8 nitrogen and oxygen atoms in total. The number of aliphatic imine (C=N–C) groups is 1. The SMILES string of the molecule is COc1cc([C@H]2SC(C)=Nc3c2c(=O)[nH]n3[C@@H]2CCOC(C)(C)C2)cc(OC)c1OC. The summed E-state index contributed by atoms with van der Waals surface area (Å²) in [6.07, 6.45) is 1.64. The molecule has 1 aromatic carbocycles. The Balaban J connectivity index is 1.82. The highest BCUT2D eigenvalue weighted by Crippen LogP contribution is 2.49. The highest BCUT2D eigenvalue weighted by Gasteiger charge is 2.36. The van der Waals surface area contributed by atoms with Gasteiger partial charge in [0.15, 0.2) is 17.3 Å². The van der Waals surface area contributed by atoms with Gasteiger partial charge >= 0.3 is 0 Å². The molecule has 9 heteroatoms. The molecule has 0 radical (unpaired) electrons. The number of methoxy groups -OCH3 is 3. The van der Waals surface area contributed by atoms with Crippen LogP contribution in [0.2, 0.25) is 0 Å². The molecule has 168 valence electrons. The van der Waals surface area contributed by atoms with Crippen LogP contribution in [0, 0.1) is 0 Å². The molecule has 3 heterocycles. The zero-order valence-electron chi connectivity index (χ0n) is 18.8. The van der Waals surface area contributed by atoms with E-state index in [4.69, 9.17) is 23.9 Å². The Morgan fingerprint density at radius 3 is 2.45 bits per heavy atom. The summed E-state index contributed by atoms with van der Waals surface area (Å²) in [5.74, 6) is 2.33. The minimum absolute atomic E-state index is 0.123. The zero-order chi connectivity index (χ0) is 22.3. The monoisotopic (exact) mass is 447 g/mol. The molecule has 1 aromatic heterocycles. The molecule has 2 aromatic rings. The van der Waals surface area contributed by atoms with Crippen molar-refractivity contribution in [3.8, 4) is 17.2 Å². The number of aromatic amines is 1. The van der Waals surface area contributed by atoms with E-state index < -0.39 is 0 Å². The molecule has 1 saturated heterocycles. The summed E-state index contributed by atoms with van der Waals surface area (Å²) in [5, 5.41) is 3.72. The second-order valence-corrected chi connectivity index (χ2v) is 9.69. The van der Waals surface area contributed by atoms with Gasteiger partial charge in [-0.2, -0.15) is 0 Å². The lowest BCUT2D eigenvalue weighted by molar-refractivity contribution is -0.0705. The Labute approximate surface area is 185 Å². The molecular formula is C22H29N3O5S. The lowest BCUT2D eigenvalue weighted by Crippen LogP contribution is -2.35. The van der Waals surface area contributed by atoms with E-state index in [0.717, 1.165) is 23.4 Å². The Morgan fingerprint density at radius 2 is 1.87 bits per heavy atom. The summed E-state index contributed by atoms with van der Waals surface area (Å²) in [6.45, 7) is 6.78. The number of H-pyrrole nitrogens is 1. The number of nitrogens with zero attached hydrogens (tertiary/aromatic N) is 2. The van der Waals surface area contributed by atoms with Gasteiger partial charge in [0.05, 0.1) is 48.8 Å². The number of fused-ring (bicyclic) bond motifs is 1. The van der Waals surface area contributed by atoms with Gasteiger partial charge in [-0.25, -0.2) is 4.99 Å². The van der Waals surface area contributed by atoms with Crippen LogP contribution in [0.15, 0.2) is 21.9 Å². The summed E-state index contributed by atoms with van der Waals surface area (Å²) in [6, 6.07) is 3.92. The van der Waals surface area contributed by atoms with Crippen molar-refractivity contribution >= 4 is 22.6 Å². The average molecular weight is 448 g/mol. The standard InChI is InChI=1S/C22H29N3O5S/c1-12-23-20-17(21(26)24-25(20)14-7-8-30-22(2,3)11-14)19(31-12)13-9-15(27-4)18(29-6)16(10-13)28-5/h9-10,14,19H,7-8,11H2,1-6H3,(H,24,26)/t14-,19-/m1/s1. The highest BCUT2D eigenvalue weighted by molar-refractivity contribution is 8.14. The van der Waals surface area contributed by atoms with Gasteiger partial charge in [0.1, 0.15) is 0 Å². The summed E-state index contributed by atoms with van der Waals surface area (Å²) < 4.78 is 24.3. The van der Waals surface area contributed by atoms with Gasteiger partial charge < -0.3 is 18.9 Å². The maximum Gasteiger partial charge on any atom is 0.271 e. The summed E-state index contributed by atoms with van der Waals surface area (Å²) in [7, 11) is 4.75. The summed E-state index contributed by atoms with van der Waals surface area (Å²) >= 11 is 1.55. The molecule has 0 aliphatic carbocycles. The lowest BCUT2D eigenvalue weighted by atomic mass is 9.94. The number of ether oxygens (including phenoxy) is 4. The molecule has 0 bridgehead atoms. The number of hydrogen-bond donors (Lipinski definition) is 1. The molecule has 31 heavy (non-hydrogen) atoms. The van der Waals surface area contributed by atoms with Crippen LogP contribution in [0.1, 0.15) is 56.0 Å². The van der Waals surface area contributed by atoms with Crippen LogP contribution in [-0.2, 0) is 4.74 Å². The Hall–Kier alpha value is -2.39. The Bertz CT molecular complexity index is 1050. The van der Waals surface area contributed by atoms with E-state index in [-0.39, 0.29) is 22.5 Å². The van der Waals surface area contributed by atoms with Crippen molar-refractivity contribution in [2.45, 2.75) is 50.5 Å². The van der Waals surface area contributed by atoms with Crippen molar-refractivity contribution in [1.29, 1.82) is 0 Å². The van der Waals surface area contributed by atoms with Crippen molar-refractivity contribution < 1.29 is 18.9 Å². The van der Waals surface area contributed by atoms with Gasteiger partial charge in [-0.05, 0) is 51.3 Å². The molecule has 4 rings (SSSR count). The van der Waals surface area contributed by atoms with Crippen LogP contribution in [-0.4, -0.2) is 48.4 Å². The lowest BCUT2D eigenvalue weighted by Gasteiger charge is -2.36. The van der Waals surface area contributed by atoms with Gasteiger partial charge in [-0.15, -0.1) is 0 Å². The number of thioether (sulfide) groups is 1. The zero-order valence-corrected chi connectivity index (χ0v) is 19.6. The quantitative estimate of drug-likeness (QED) is 0.739. The smallest absolute Gasteiger partial charge is 0.271 e. The first-order chi connectivity index (χ1) is 14.8. The second-order valence-electron chi connectivity index (χ2n) is 8.39. The van der Waals surface area contributed by atoms with E-state index in [1.165, 1.54) is 0 Å². The van der Waals surface area contributed by atoms with Crippen LogP contribution in [0.4, 0.5) is 5.82 Å². The fraction of sp³-hybridized carbons (Fsp3) is 0.545. The number of hydrogen-bond acceptors (Lipinski definition) is 7. The van der Waals surface area contributed by atoms with E-state index >= 15 is 0 Å². The van der Waals surface area contributed by atoms with E-state index in [1.54, 1.807) is 33.1 Å². The third-order valence-electron chi connectivity index (χ3n) is 5.78. The van der Waals surface area contributed by atoms with E-state index in [1.807, 2.05) is 23.7 Å². The van der Waals surface area contributed by atoms with Gasteiger partial charge in [0.25, 0.3) is 5.56 Å². The van der Waals surface area contributed by atoms with Crippen molar-refractivity contribution in [3.63, 3.8) is 0 Å². The molecule has 0 unspecified atom stereocenters. The van der Waals surface area contributed by atoms with Crippen LogP contribution in [0.25, 0.3) is 0 Å². The molecule has 1 fully saturated rings. The number of rotatable bonds is 5. The maximum atomic E-state index is 13.1. The first kappa shape index (κ1) is 21.8. The Kier molecular flexibility index (Phi) is 5.83. The predicted molar refractivity (Wildman–Crippen MR) is 122 cm³/mol. The minimum atomic E-state index is -0.241. The van der Waals surface area contributed by atoms with Crippen LogP contribution < -0.4 is 19.8 Å². The van der Waals surface area contributed by atoms with Crippen LogP contribution in [0.3, 0.4) is 0 Å². The van der Waals surface area contributed by atoms with Gasteiger partial charge in [0.2, 0.25) is 5.75 Å². The maximum absolute atomic E-state index is 13.1. The molecular weight excluding hydrogens is 418 g/mol. The van der Waals surface area contributed by atoms with Crippen molar-refractivity contribution in [2.75, 3.05) is 27.9 Å². The number of nitrogens with one attached hydrogen (secondary N) is 1. The van der Waals surface area contributed by atoms with Gasteiger partial charge in [-0.1, -0.05) is 11.8 Å². The second kappa shape index (κ2) is 8.27. The fourth-order valence-electron chi connectivity index (χ4n) is 4.38. The predicted octanol–water partition coefficient (Wildman–Crippen LogP) is 4.22. The van der Waals surface area contributed by atoms with E-state index in [9.17, 15) is 4.79 Å². The largest absolute Gasteiger partial charge is 0.493 e. The molecule has 0 amide bonds. The van der Waals surface area contributed by atoms with Gasteiger partial charge in [-0.3, -0.25) is 14.6 Å². The topological polar surface area (TPSA) is 87.1 Å². The summed E-state index contributed by atoms with van der Waals surface area (Å²) in [5.41, 5.74) is 1.18. The third kappa shape index (κ3) is 3.96. The first-order valence-electron chi connectivity index (χ1n) is 10.3. The molecule has 2 aliphatic rings. The van der Waals surface area contributed by atoms with E-state index in [0.29, 0.717) is 35.2 Å². The third-order valence-corrected chi connectivity index (χ3v) is 6.95. The molecule has 0 saturated carbocycles. The van der Waals surface area contributed by atoms with E-state index in [2.05, 4.69) is 18.9 Å². The first-order valence-corrected chi connectivity index (χ1v) is 11.2. The average Bonchev–Trinajstić information content (AvgIpc) is 3.07. The van der Waals surface area contributed by atoms with Crippen LogP contribution in [0.5, 0.6) is 17.2 Å². The normalized spacial score (nSPS) is 22.5. The van der Waals surface area contributed by atoms with Crippen LogP contribution >= 0.6 is 11.8 Å². The Morgan fingerprint density at radius 1 is 1.19 bits per heavy atom. The van der Waals surface area contributed by atoms with Gasteiger partial charge in [0, 0.05) is 6.61 Å². The minimum Gasteiger partial charge on any atom is -0.493 e. The molecule has 1 N–H and O–H groups in total. The molecule has 2 atom stereocenters. The van der Waals surface area contributed by atoms with Crippen molar-refractivity contribution in [3.05, 3.63) is 33.6 Å². The molecule has 0 spiro atoms. The number of benzene rings is 1. The van der Waals surface area contributed by atoms with Crippen molar-refractivity contribution in [1.82, 2.24) is 9.78 Å². The highest BCUT2D eigenvalue weighted by atomic mass is 32.2. The fourth-order valence-corrected chi connectivity index (χ4v) is 5.46.